The van der Waals surface area contributed by atoms with Crippen LogP contribution in [0.4, 0.5) is 5.82 Å². The fourth-order valence-electron chi connectivity index (χ4n) is 1.95. The molecule has 2 heterocycles. The quantitative estimate of drug-likeness (QED) is 0.749. The highest BCUT2D eigenvalue weighted by atomic mass is 16.5. The summed E-state index contributed by atoms with van der Waals surface area (Å²) < 4.78 is 5.15. The van der Waals surface area contributed by atoms with Crippen molar-refractivity contribution in [2.75, 3.05) is 18.0 Å². The zero-order valence-corrected chi connectivity index (χ0v) is 9.68. The number of H-pyrrole nitrogens is 1. The number of nitrogens with zero attached hydrogens (tertiary/aromatic N) is 2. The number of aromatic amines is 1. The second-order valence-electron chi connectivity index (χ2n) is 4.08. The van der Waals surface area contributed by atoms with E-state index in [9.17, 15) is 9.59 Å². The van der Waals surface area contributed by atoms with Crippen molar-refractivity contribution in [3.63, 3.8) is 0 Å². The average molecular weight is 237 g/mol. The molecule has 1 N–H and O–H groups in total. The van der Waals surface area contributed by atoms with Crippen LogP contribution < -0.4 is 10.5 Å². The van der Waals surface area contributed by atoms with Crippen LogP contribution in [0.15, 0.2) is 16.9 Å². The van der Waals surface area contributed by atoms with Gasteiger partial charge in [0.2, 0.25) is 0 Å². The van der Waals surface area contributed by atoms with Crippen molar-refractivity contribution in [1.82, 2.24) is 10.2 Å². The Morgan fingerprint density at radius 3 is 2.71 bits per heavy atom. The first-order chi connectivity index (χ1) is 8.15. The summed E-state index contributed by atoms with van der Waals surface area (Å²) >= 11 is 0. The molecule has 1 fully saturated rings. The van der Waals surface area contributed by atoms with Gasteiger partial charge in [-0.05, 0) is 6.07 Å². The molecule has 0 atom stereocenters. The molecule has 6 nitrogen and oxygen atoms in total. The third kappa shape index (κ3) is 3.05. The fourth-order valence-corrected chi connectivity index (χ4v) is 1.95. The Kier molecular flexibility index (Phi) is 3.41. The van der Waals surface area contributed by atoms with Crippen molar-refractivity contribution in [2.24, 2.45) is 0 Å². The van der Waals surface area contributed by atoms with Crippen molar-refractivity contribution >= 4 is 11.8 Å². The number of rotatable bonds is 2. The highest BCUT2D eigenvalue weighted by Gasteiger charge is 2.21. The highest BCUT2D eigenvalue weighted by Crippen LogP contribution is 2.18. The van der Waals surface area contributed by atoms with E-state index in [1.807, 2.05) is 0 Å². The topological polar surface area (TPSA) is 75.3 Å². The molecule has 2 rings (SSSR count). The molecular formula is C11H15N3O3. The number of hydrogen-bond acceptors (Lipinski definition) is 5. The molecule has 0 radical (unpaired) electrons. The zero-order valence-electron chi connectivity index (χ0n) is 9.68. The molecule has 0 bridgehead atoms. The van der Waals surface area contributed by atoms with Gasteiger partial charge in [-0.3, -0.25) is 9.59 Å². The molecule has 0 aromatic carbocycles. The third-order valence-electron chi connectivity index (χ3n) is 2.76. The summed E-state index contributed by atoms with van der Waals surface area (Å²) in [6.07, 6.45) is 1.59. The molecule has 0 amide bonds. The number of ether oxygens (including phenoxy) is 1. The molecule has 1 aromatic heterocycles. The van der Waals surface area contributed by atoms with Gasteiger partial charge in [-0.15, -0.1) is 0 Å². The molecule has 1 saturated heterocycles. The predicted octanol–water partition coefficient (Wildman–Crippen LogP) is 0.302. The van der Waals surface area contributed by atoms with Crippen molar-refractivity contribution in [3.8, 4) is 0 Å². The maximum Gasteiger partial charge on any atom is 0.302 e. The normalized spacial score (nSPS) is 16.9. The van der Waals surface area contributed by atoms with Crippen molar-refractivity contribution in [2.45, 2.75) is 25.9 Å². The average Bonchev–Trinajstić information content (AvgIpc) is 2.30. The van der Waals surface area contributed by atoms with Crippen molar-refractivity contribution in [3.05, 3.63) is 22.5 Å². The maximum absolute atomic E-state index is 10.9. The number of nitrogens with one attached hydrogen (secondary N) is 1. The lowest BCUT2D eigenvalue weighted by molar-refractivity contribution is -0.147. The number of carbonyl (C=O) groups is 1. The number of esters is 1. The second kappa shape index (κ2) is 4.99. The van der Waals surface area contributed by atoms with Gasteiger partial charge in [-0.25, -0.2) is 5.10 Å². The number of carbonyl (C=O) groups excluding carboxylic acids is 1. The van der Waals surface area contributed by atoms with E-state index in [4.69, 9.17) is 4.74 Å². The fraction of sp³-hybridized carbons (Fsp3) is 0.545. The van der Waals surface area contributed by atoms with Gasteiger partial charge in [0.05, 0.1) is 0 Å². The summed E-state index contributed by atoms with van der Waals surface area (Å²) in [5.41, 5.74) is -0.205. The van der Waals surface area contributed by atoms with Crippen LogP contribution in [-0.2, 0) is 9.53 Å². The van der Waals surface area contributed by atoms with Gasteiger partial charge in [0.15, 0.2) is 0 Å². The minimum absolute atomic E-state index is 0.00603. The van der Waals surface area contributed by atoms with Crippen LogP contribution in [0.5, 0.6) is 0 Å². The molecule has 0 saturated carbocycles. The second-order valence-corrected chi connectivity index (χ2v) is 4.08. The van der Waals surface area contributed by atoms with Gasteiger partial charge >= 0.3 is 5.97 Å². The van der Waals surface area contributed by atoms with E-state index in [1.54, 1.807) is 6.07 Å². The third-order valence-corrected chi connectivity index (χ3v) is 2.76. The largest absolute Gasteiger partial charge is 0.462 e. The minimum Gasteiger partial charge on any atom is -0.462 e. The lowest BCUT2D eigenvalue weighted by atomic mass is 10.1. The first-order valence-electron chi connectivity index (χ1n) is 5.63. The number of hydrogen-bond donors (Lipinski definition) is 1. The van der Waals surface area contributed by atoms with Gasteiger partial charge in [0.25, 0.3) is 5.56 Å². The van der Waals surface area contributed by atoms with E-state index < -0.39 is 0 Å². The summed E-state index contributed by atoms with van der Waals surface area (Å²) in [7, 11) is 0. The van der Waals surface area contributed by atoms with E-state index >= 15 is 0 Å². The molecule has 92 valence electrons. The Hall–Kier alpha value is -1.85. The highest BCUT2D eigenvalue weighted by molar-refractivity contribution is 5.66. The van der Waals surface area contributed by atoms with Crippen LogP contribution in [0.25, 0.3) is 0 Å². The molecular weight excluding hydrogens is 222 g/mol. The smallest absolute Gasteiger partial charge is 0.302 e. The van der Waals surface area contributed by atoms with Crippen LogP contribution in [0.2, 0.25) is 0 Å². The Labute approximate surface area is 98.6 Å². The Bertz CT molecular complexity index is 429. The zero-order chi connectivity index (χ0) is 12.3. The monoisotopic (exact) mass is 237 g/mol. The Morgan fingerprint density at radius 2 is 2.18 bits per heavy atom. The van der Waals surface area contributed by atoms with Crippen LogP contribution in [0, 0.1) is 0 Å². The van der Waals surface area contributed by atoms with Crippen LogP contribution in [0.3, 0.4) is 0 Å². The van der Waals surface area contributed by atoms with E-state index in [0.717, 1.165) is 31.7 Å². The van der Waals surface area contributed by atoms with E-state index in [-0.39, 0.29) is 17.6 Å². The molecule has 1 aliphatic heterocycles. The van der Waals surface area contributed by atoms with Crippen molar-refractivity contribution < 1.29 is 9.53 Å². The van der Waals surface area contributed by atoms with Crippen LogP contribution in [0.1, 0.15) is 19.8 Å². The number of aromatic nitrogens is 2. The molecule has 1 aromatic rings. The van der Waals surface area contributed by atoms with Gasteiger partial charge in [0.1, 0.15) is 11.9 Å². The Balaban J connectivity index is 1.92. The minimum atomic E-state index is -0.231. The molecule has 17 heavy (non-hydrogen) atoms. The predicted molar refractivity (Wildman–Crippen MR) is 61.9 cm³/mol. The summed E-state index contributed by atoms with van der Waals surface area (Å²) in [4.78, 5) is 23.8. The summed E-state index contributed by atoms with van der Waals surface area (Å²) in [6.45, 7) is 2.98. The summed E-state index contributed by atoms with van der Waals surface area (Å²) in [5.74, 6) is 0.525. The molecule has 0 aliphatic carbocycles. The number of anilines is 1. The molecule has 1 aliphatic rings. The van der Waals surface area contributed by atoms with E-state index in [1.165, 1.54) is 13.0 Å². The van der Waals surface area contributed by atoms with Gasteiger partial charge in [-0.2, -0.15) is 5.10 Å². The van der Waals surface area contributed by atoms with E-state index in [2.05, 4.69) is 15.1 Å². The van der Waals surface area contributed by atoms with Crippen LogP contribution >= 0.6 is 0 Å². The molecule has 6 heteroatoms. The lowest BCUT2D eigenvalue weighted by Gasteiger charge is -2.31. The maximum atomic E-state index is 10.9. The molecule has 0 unspecified atom stereocenters. The van der Waals surface area contributed by atoms with E-state index in [0.29, 0.717) is 0 Å². The van der Waals surface area contributed by atoms with Gasteiger partial charge in [0, 0.05) is 38.9 Å². The summed E-state index contributed by atoms with van der Waals surface area (Å²) in [5, 5.41) is 6.38. The first-order valence-corrected chi connectivity index (χ1v) is 5.63. The number of piperidine rings is 1. The first kappa shape index (κ1) is 11.6. The molecule has 0 spiro atoms. The standard InChI is InChI=1S/C11H15N3O3/c1-8(15)17-9-4-6-14(7-5-9)10-2-3-11(16)13-12-10/h2-3,9H,4-7H2,1H3,(H,13,16). The Morgan fingerprint density at radius 1 is 1.47 bits per heavy atom. The summed E-state index contributed by atoms with van der Waals surface area (Å²) in [6, 6.07) is 3.16. The van der Waals surface area contributed by atoms with Gasteiger partial charge < -0.3 is 9.64 Å². The van der Waals surface area contributed by atoms with Crippen molar-refractivity contribution in [1.29, 1.82) is 0 Å². The van der Waals surface area contributed by atoms with Gasteiger partial charge in [-0.1, -0.05) is 0 Å². The van der Waals surface area contributed by atoms with Crippen LogP contribution in [-0.4, -0.2) is 35.4 Å². The lowest BCUT2D eigenvalue weighted by Crippen LogP contribution is -2.38. The SMILES string of the molecule is CC(=O)OC1CCN(c2ccc(=O)[nH]n2)CC1.